The number of carbonyl (C=O) groups is 1. The number of thioether (sulfide) groups is 1. The number of H-pyrrole nitrogens is 1. The van der Waals surface area contributed by atoms with Crippen LogP contribution in [0.15, 0.2) is 64.5 Å². The van der Waals surface area contributed by atoms with Gasteiger partial charge in [-0.1, -0.05) is 36.0 Å². The van der Waals surface area contributed by atoms with Crippen LogP contribution in [0.3, 0.4) is 0 Å². The average Bonchev–Trinajstić information content (AvgIpc) is 2.66. The molecule has 2 N–H and O–H groups in total. The van der Waals surface area contributed by atoms with Crippen LogP contribution in [0.5, 0.6) is 5.75 Å². The van der Waals surface area contributed by atoms with E-state index in [0.29, 0.717) is 16.6 Å². The number of ether oxygens (including phenoxy) is 1. The van der Waals surface area contributed by atoms with Crippen LogP contribution < -0.4 is 15.6 Å². The third kappa shape index (κ3) is 5.72. The van der Waals surface area contributed by atoms with E-state index in [1.165, 1.54) is 17.8 Å². The van der Waals surface area contributed by atoms with E-state index in [2.05, 4.69) is 15.3 Å². The lowest BCUT2D eigenvalue weighted by Gasteiger charge is -2.07. The molecule has 1 heterocycles. The molecule has 28 heavy (non-hydrogen) atoms. The van der Waals surface area contributed by atoms with Crippen molar-refractivity contribution in [2.45, 2.75) is 24.3 Å². The van der Waals surface area contributed by atoms with Crippen molar-refractivity contribution in [2.75, 3.05) is 12.4 Å². The van der Waals surface area contributed by atoms with Crippen molar-refractivity contribution < 1.29 is 9.53 Å². The molecule has 0 aliphatic rings. The van der Waals surface area contributed by atoms with E-state index in [0.717, 1.165) is 22.6 Å². The Morgan fingerprint density at radius 3 is 2.79 bits per heavy atom. The fourth-order valence-corrected chi connectivity index (χ4v) is 3.49. The summed E-state index contributed by atoms with van der Waals surface area (Å²) in [5.41, 5.74) is 2.99. The quantitative estimate of drug-likeness (QED) is 0.472. The number of amides is 1. The van der Waals surface area contributed by atoms with Crippen LogP contribution >= 0.6 is 11.8 Å². The smallest absolute Gasteiger partial charge is 0.251 e. The Bertz CT molecular complexity index is 1030. The van der Waals surface area contributed by atoms with Gasteiger partial charge in [-0.05, 0) is 42.3 Å². The first-order valence-corrected chi connectivity index (χ1v) is 9.73. The highest BCUT2D eigenvalue weighted by Gasteiger charge is 2.09. The van der Waals surface area contributed by atoms with E-state index in [-0.39, 0.29) is 17.9 Å². The highest BCUT2D eigenvalue weighted by atomic mass is 32.2. The minimum atomic E-state index is -0.276. The Morgan fingerprint density at radius 2 is 2.00 bits per heavy atom. The molecule has 1 aromatic heterocycles. The molecule has 144 valence electrons. The molecule has 3 aromatic rings. The van der Waals surface area contributed by atoms with Crippen LogP contribution in [0.4, 0.5) is 5.69 Å². The summed E-state index contributed by atoms with van der Waals surface area (Å²) < 4.78 is 5.22. The van der Waals surface area contributed by atoms with Gasteiger partial charge in [0.05, 0.1) is 19.2 Å². The van der Waals surface area contributed by atoms with Gasteiger partial charge in [-0.3, -0.25) is 9.59 Å². The molecular weight excluding hydrogens is 374 g/mol. The summed E-state index contributed by atoms with van der Waals surface area (Å²) in [7, 11) is 1.62. The van der Waals surface area contributed by atoms with Crippen LogP contribution in [0.25, 0.3) is 0 Å². The zero-order valence-corrected chi connectivity index (χ0v) is 16.5. The molecule has 0 saturated carbocycles. The van der Waals surface area contributed by atoms with Crippen molar-refractivity contribution in [3.8, 4) is 5.75 Å². The summed E-state index contributed by atoms with van der Waals surface area (Å²) in [6.45, 7) is 1.96. The van der Waals surface area contributed by atoms with E-state index >= 15 is 0 Å². The average molecular weight is 395 g/mol. The molecule has 2 aromatic carbocycles. The van der Waals surface area contributed by atoms with Crippen molar-refractivity contribution in [2.24, 2.45) is 0 Å². The molecule has 0 radical (unpaired) electrons. The first kappa shape index (κ1) is 19.7. The second-order valence-corrected chi connectivity index (χ2v) is 7.24. The molecule has 0 aliphatic heterocycles. The second kappa shape index (κ2) is 9.23. The highest BCUT2D eigenvalue weighted by Crippen LogP contribution is 2.21. The number of nitrogens with one attached hydrogen (secondary N) is 2. The minimum absolute atomic E-state index is 0.0323. The summed E-state index contributed by atoms with van der Waals surface area (Å²) in [6, 6.07) is 16.6. The fraction of sp³-hybridized carbons (Fsp3) is 0.190. The number of benzene rings is 2. The molecule has 0 spiro atoms. The lowest BCUT2D eigenvalue weighted by Crippen LogP contribution is -2.18. The Morgan fingerprint density at radius 1 is 1.18 bits per heavy atom. The number of anilines is 1. The predicted molar refractivity (Wildman–Crippen MR) is 111 cm³/mol. The highest BCUT2D eigenvalue weighted by molar-refractivity contribution is 7.98. The van der Waals surface area contributed by atoms with Crippen LogP contribution in [0.2, 0.25) is 0 Å². The van der Waals surface area contributed by atoms with Gasteiger partial charge in [0.15, 0.2) is 5.16 Å². The van der Waals surface area contributed by atoms with Crippen molar-refractivity contribution in [3.05, 3.63) is 81.8 Å². The number of methoxy groups -OCH3 is 1. The molecule has 1 amide bonds. The van der Waals surface area contributed by atoms with E-state index in [9.17, 15) is 9.59 Å². The van der Waals surface area contributed by atoms with Crippen molar-refractivity contribution in [1.29, 1.82) is 0 Å². The minimum Gasteiger partial charge on any atom is -0.497 e. The maximum absolute atomic E-state index is 12.3. The molecule has 7 heteroatoms. The van der Waals surface area contributed by atoms with Gasteiger partial charge in [-0.2, -0.15) is 0 Å². The molecule has 0 aliphatic carbocycles. The van der Waals surface area contributed by atoms with Gasteiger partial charge in [0.1, 0.15) is 5.75 Å². The van der Waals surface area contributed by atoms with Crippen molar-refractivity contribution in [3.63, 3.8) is 0 Å². The summed E-state index contributed by atoms with van der Waals surface area (Å²) in [6.07, 6.45) is 0.0323. The molecule has 6 nitrogen and oxygen atoms in total. The summed E-state index contributed by atoms with van der Waals surface area (Å²) in [5.74, 6) is 1.19. The Balaban J connectivity index is 1.65. The van der Waals surface area contributed by atoms with E-state index in [4.69, 9.17) is 4.74 Å². The van der Waals surface area contributed by atoms with E-state index < -0.39 is 0 Å². The maximum atomic E-state index is 12.3. The molecule has 0 fully saturated rings. The van der Waals surface area contributed by atoms with Crippen LogP contribution in [0.1, 0.15) is 16.8 Å². The van der Waals surface area contributed by atoms with Crippen LogP contribution in [-0.2, 0) is 17.0 Å². The molecular formula is C21H21N3O3S. The molecule has 0 bridgehead atoms. The maximum Gasteiger partial charge on any atom is 0.251 e. The topological polar surface area (TPSA) is 84.1 Å². The van der Waals surface area contributed by atoms with E-state index in [1.807, 2.05) is 55.5 Å². The number of hydrogen-bond donors (Lipinski definition) is 2. The number of hydrogen-bond acceptors (Lipinski definition) is 5. The van der Waals surface area contributed by atoms with Gasteiger partial charge >= 0.3 is 0 Å². The number of aryl methyl sites for hydroxylation is 1. The Hall–Kier alpha value is -3.06. The first-order chi connectivity index (χ1) is 13.5. The summed E-state index contributed by atoms with van der Waals surface area (Å²) >= 11 is 1.40. The lowest BCUT2D eigenvalue weighted by atomic mass is 10.2. The number of aromatic amines is 1. The zero-order chi connectivity index (χ0) is 19.9. The fourth-order valence-electron chi connectivity index (χ4n) is 2.65. The summed E-state index contributed by atoms with van der Waals surface area (Å²) in [5, 5.41) is 3.31. The van der Waals surface area contributed by atoms with Crippen molar-refractivity contribution >= 4 is 23.4 Å². The second-order valence-electron chi connectivity index (χ2n) is 6.28. The normalized spacial score (nSPS) is 10.5. The summed E-state index contributed by atoms with van der Waals surface area (Å²) in [4.78, 5) is 31.3. The first-order valence-electron chi connectivity index (χ1n) is 8.74. The van der Waals surface area contributed by atoms with Gasteiger partial charge in [0, 0.05) is 17.5 Å². The van der Waals surface area contributed by atoms with Gasteiger partial charge in [-0.25, -0.2) is 4.98 Å². The number of rotatable bonds is 7. The molecule has 0 saturated heterocycles. The standard InChI is InChI=1S/C21H21N3O3S/c1-14-5-3-7-16(9-14)22-19(25)11-17-12-20(26)24-21(23-17)28-13-15-6-4-8-18(10-15)27-2/h3-10,12H,11,13H2,1-2H3,(H,22,25)(H,23,24,26). The number of aromatic nitrogens is 2. The molecule has 0 unspecified atom stereocenters. The third-order valence-corrected chi connectivity index (χ3v) is 4.87. The third-order valence-electron chi connectivity index (χ3n) is 3.93. The zero-order valence-electron chi connectivity index (χ0n) is 15.7. The van der Waals surface area contributed by atoms with Crippen LogP contribution in [-0.4, -0.2) is 23.0 Å². The van der Waals surface area contributed by atoms with E-state index in [1.54, 1.807) is 7.11 Å². The SMILES string of the molecule is COc1cccc(CSc2nc(CC(=O)Nc3cccc(C)c3)cc(=O)[nH]2)c1. The van der Waals surface area contributed by atoms with Gasteiger partial charge in [-0.15, -0.1) is 0 Å². The van der Waals surface area contributed by atoms with Gasteiger partial charge in [0.2, 0.25) is 5.91 Å². The lowest BCUT2D eigenvalue weighted by molar-refractivity contribution is -0.115. The van der Waals surface area contributed by atoms with Crippen molar-refractivity contribution in [1.82, 2.24) is 9.97 Å². The largest absolute Gasteiger partial charge is 0.497 e. The molecule has 0 atom stereocenters. The number of nitrogens with zero attached hydrogens (tertiary/aromatic N) is 1. The molecule has 3 rings (SSSR count). The Labute approximate surface area is 167 Å². The predicted octanol–water partition coefficient (Wildman–Crippen LogP) is 3.56. The van der Waals surface area contributed by atoms with Gasteiger partial charge in [0.25, 0.3) is 5.56 Å². The number of carbonyl (C=O) groups excluding carboxylic acids is 1. The van der Waals surface area contributed by atoms with Crippen LogP contribution in [0, 0.1) is 6.92 Å². The van der Waals surface area contributed by atoms with Gasteiger partial charge < -0.3 is 15.0 Å². The monoisotopic (exact) mass is 395 g/mol. The Kier molecular flexibility index (Phi) is 6.49.